The van der Waals surface area contributed by atoms with Gasteiger partial charge in [-0.05, 0) is 48.6 Å². The summed E-state index contributed by atoms with van der Waals surface area (Å²) in [7, 11) is 0. The molecule has 8 rings (SSSR count). The lowest BCUT2D eigenvalue weighted by molar-refractivity contribution is -0.144. The molecule has 0 N–H and O–H groups in total. The molecule has 9 nitrogen and oxygen atoms in total. The zero-order valence-corrected chi connectivity index (χ0v) is 18.5. The Hall–Kier alpha value is -3.10. The van der Waals surface area contributed by atoms with Gasteiger partial charge in [-0.3, -0.25) is 9.59 Å². The Kier molecular flexibility index (Phi) is 3.45. The van der Waals surface area contributed by atoms with Crippen molar-refractivity contribution in [3.63, 3.8) is 0 Å². The Morgan fingerprint density at radius 2 is 1.30 bits per heavy atom. The van der Waals surface area contributed by atoms with Gasteiger partial charge in [0.15, 0.2) is 0 Å². The van der Waals surface area contributed by atoms with Crippen LogP contribution in [0.5, 0.6) is 0 Å². The van der Waals surface area contributed by atoms with Crippen molar-refractivity contribution in [2.45, 2.75) is 38.8 Å². The van der Waals surface area contributed by atoms with Gasteiger partial charge in [-0.15, -0.1) is 0 Å². The summed E-state index contributed by atoms with van der Waals surface area (Å²) in [6, 6.07) is 8.87. The number of rotatable bonds is 7. The van der Waals surface area contributed by atoms with E-state index in [0.29, 0.717) is 55.4 Å². The van der Waals surface area contributed by atoms with Crippen LogP contribution in [0.4, 0.5) is 0 Å². The summed E-state index contributed by atoms with van der Waals surface area (Å²) in [6.07, 6.45) is 1.32. The topological polar surface area (TPSA) is 102 Å². The molecule has 1 aromatic carbocycles. The maximum atomic E-state index is 13.6. The van der Waals surface area contributed by atoms with Gasteiger partial charge < -0.3 is 9.47 Å². The van der Waals surface area contributed by atoms with Crippen molar-refractivity contribution in [3.05, 3.63) is 51.3 Å². The van der Waals surface area contributed by atoms with E-state index in [-0.39, 0.29) is 46.2 Å². The molecule has 4 fully saturated rings. The van der Waals surface area contributed by atoms with Gasteiger partial charge in [0.05, 0.1) is 31.0 Å². The molecule has 0 spiro atoms. The highest BCUT2D eigenvalue weighted by molar-refractivity contribution is 5.66. The third-order valence-corrected chi connectivity index (χ3v) is 9.45. The number of para-hydroxylation sites is 1. The van der Waals surface area contributed by atoms with Gasteiger partial charge in [0, 0.05) is 24.7 Å². The summed E-state index contributed by atoms with van der Waals surface area (Å²) >= 11 is 0. The molecule has 0 amide bonds. The van der Waals surface area contributed by atoms with Crippen molar-refractivity contribution in [2.24, 2.45) is 34.5 Å². The van der Waals surface area contributed by atoms with E-state index in [4.69, 9.17) is 9.47 Å². The van der Waals surface area contributed by atoms with E-state index in [1.54, 1.807) is 21.5 Å². The molecular weight excluding hydrogens is 426 g/mol. The average Bonchev–Trinajstić information content (AvgIpc) is 3.51. The van der Waals surface area contributed by atoms with Crippen LogP contribution in [-0.4, -0.2) is 39.1 Å². The Labute approximate surface area is 188 Å². The van der Waals surface area contributed by atoms with Crippen LogP contribution in [0, 0.1) is 34.5 Å². The first-order chi connectivity index (χ1) is 15.9. The highest BCUT2D eigenvalue weighted by atomic mass is 16.5. The smallest absolute Gasteiger partial charge is 0.352 e. The van der Waals surface area contributed by atoms with E-state index in [0.717, 1.165) is 0 Å². The first-order valence-electron chi connectivity index (χ1n) is 11.7. The maximum absolute atomic E-state index is 13.6. The van der Waals surface area contributed by atoms with E-state index in [1.165, 1.54) is 18.4 Å². The van der Waals surface area contributed by atoms with Gasteiger partial charge in [0.2, 0.25) is 0 Å². The molecule has 2 aliphatic heterocycles. The van der Waals surface area contributed by atoms with Gasteiger partial charge in [-0.2, -0.15) is 0 Å². The number of carbonyl (C=O) groups is 2. The zero-order chi connectivity index (χ0) is 22.9. The molecule has 6 atom stereocenters. The lowest BCUT2D eigenvalue weighted by Crippen LogP contribution is -2.53. The number of esters is 2. The molecule has 6 unspecified atom stereocenters. The Balaban J connectivity index is 1.37. The molecule has 1 aromatic heterocycles. The van der Waals surface area contributed by atoms with E-state index in [9.17, 15) is 19.2 Å². The van der Waals surface area contributed by atoms with Crippen molar-refractivity contribution in [2.75, 3.05) is 13.2 Å². The van der Waals surface area contributed by atoms with Gasteiger partial charge in [0.25, 0.3) is 0 Å². The summed E-state index contributed by atoms with van der Waals surface area (Å²) in [6.45, 7) is 3.40. The summed E-state index contributed by atoms with van der Waals surface area (Å²) < 4.78 is 15.4. The molecule has 2 aromatic rings. The molecule has 9 heteroatoms. The fourth-order valence-electron chi connectivity index (χ4n) is 8.99. The number of nitrogens with zero attached hydrogens (tertiary/aromatic N) is 3. The number of hydrogen-bond acceptors (Lipinski definition) is 6. The van der Waals surface area contributed by atoms with Crippen LogP contribution in [0.3, 0.4) is 0 Å². The quantitative estimate of drug-likeness (QED) is 0.588. The van der Waals surface area contributed by atoms with Crippen LogP contribution in [0.2, 0.25) is 0 Å². The fourth-order valence-corrected chi connectivity index (χ4v) is 8.99. The Morgan fingerprint density at radius 1 is 0.818 bits per heavy atom. The second-order valence-electron chi connectivity index (χ2n) is 10.3. The predicted molar refractivity (Wildman–Crippen MR) is 114 cm³/mol. The SMILES string of the molecule is CC(=O)OCCC12C3C4C5C4C1C2(CCOC(C)=O)C5n1c(=O)n(-c2ccccc2)c(=O)n13. The van der Waals surface area contributed by atoms with E-state index >= 15 is 0 Å². The molecule has 33 heavy (non-hydrogen) atoms. The van der Waals surface area contributed by atoms with Crippen LogP contribution in [0.1, 0.15) is 38.8 Å². The Morgan fingerprint density at radius 3 is 1.76 bits per heavy atom. The molecule has 3 heterocycles. The van der Waals surface area contributed by atoms with Crippen LogP contribution in [0.15, 0.2) is 39.9 Å². The highest BCUT2D eigenvalue weighted by Gasteiger charge is 3.02. The lowest BCUT2D eigenvalue weighted by Gasteiger charge is -2.48. The largest absolute Gasteiger partial charge is 0.466 e. The van der Waals surface area contributed by atoms with Crippen molar-refractivity contribution in [1.29, 1.82) is 0 Å². The molecule has 172 valence electrons. The van der Waals surface area contributed by atoms with Crippen LogP contribution < -0.4 is 11.4 Å². The van der Waals surface area contributed by atoms with Crippen LogP contribution in [-0.2, 0) is 19.1 Å². The second-order valence-corrected chi connectivity index (χ2v) is 10.3. The average molecular weight is 451 g/mol. The summed E-state index contributed by atoms with van der Waals surface area (Å²) in [5.41, 5.74) is -0.414. The minimum absolute atomic E-state index is 0.0828. The third kappa shape index (κ3) is 1.94. The monoisotopic (exact) mass is 451 g/mol. The van der Waals surface area contributed by atoms with Crippen molar-refractivity contribution in [1.82, 2.24) is 13.9 Å². The normalized spacial score (nSPS) is 39.2. The first-order valence-corrected chi connectivity index (χ1v) is 11.7. The van der Waals surface area contributed by atoms with Crippen molar-refractivity contribution < 1.29 is 19.1 Å². The molecule has 2 bridgehead atoms. The van der Waals surface area contributed by atoms with Gasteiger partial charge in [0.1, 0.15) is 0 Å². The minimum Gasteiger partial charge on any atom is -0.466 e. The minimum atomic E-state index is -0.318. The van der Waals surface area contributed by atoms with E-state index < -0.39 is 0 Å². The summed E-state index contributed by atoms with van der Waals surface area (Å²) in [5.74, 6) is 1.03. The second kappa shape index (κ2) is 5.87. The molecule has 4 aliphatic carbocycles. The number of benzene rings is 1. The highest BCUT2D eigenvalue weighted by Crippen LogP contribution is 3.03. The number of aromatic nitrogens is 3. The summed E-state index contributed by atoms with van der Waals surface area (Å²) in [5, 5.41) is 0. The van der Waals surface area contributed by atoms with Gasteiger partial charge in [-0.1, -0.05) is 18.2 Å². The molecule has 0 saturated heterocycles. The number of ether oxygens (including phenoxy) is 2. The number of hydrogen-bond donors (Lipinski definition) is 0. The maximum Gasteiger partial charge on any atom is 0.352 e. The lowest BCUT2D eigenvalue weighted by atomic mass is 9.68. The third-order valence-electron chi connectivity index (χ3n) is 9.45. The van der Waals surface area contributed by atoms with Gasteiger partial charge >= 0.3 is 23.3 Å². The van der Waals surface area contributed by atoms with Crippen molar-refractivity contribution >= 4 is 11.9 Å². The Bertz CT molecular complexity index is 1260. The molecule has 6 aliphatic rings. The standard InChI is InChI=1S/C24H25N3O6/c1-12(28)32-10-8-23-18-15-16-17(15)20(24(18,23)9-11-33-13(2)29)27-22(31)25(14-6-4-3-5-7-14)21(30)26(27)19(16)23/h3-7,15-20H,8-11H2,1-2H3. The zero-order valence-electron chi connectivity index (χ0n) is 18.5. The number of carbonyl (C=O) groups excluding carboxylic acids is 2. The molecular formula is C24H25N3O6. The van der Waals surface area contributed by atoms with Crippen LogP contribution in [0.25, 0.3) is 5.69 Å². The predicted octanol–water partition coefficient (Wildman–Crippen LogP) is 1.29. The molecule has 4 saturated carbocycles. The molecule has 0 radical (unpaired) electrons. The fraction of sp³-hybridized carbons (Fsp3) is 0.583. The first kappa shape index (κ1) is 19.4. The van der Waals surface area contributed by atoms with E-state index in [1.807, 2.05) is 18.2 Å². The summed E-state index contributed by atoms with van der Waals surface area (Å²) in [4.78, 5) is 50.2. The van der Waals surface area contributed by atoms with Crippen molar-refractivity contribution in [3.8, 4) is 5.69 Å². The van der Waals surface area contributed by atoms with E-state index in [2.05, 4.69) is 0 Å². The van der Waals surface area contributed by atoms with Gasteiger partial charge in [-0.25, -0.2) is 23.5 Å². The van der Waals surface area contributed by atoms with Crippen LogP contribution >= 0.6 is 0 Å².